The highest BCUT2D eigenvalue weighted by Gasteiger charge is 2.26. The summed E-state index contributed by atoms with van der Waals surface area (Å²) in [6, 6.07) is 6.89. The molecular weight excluding hydrogens is 254 g/mol. The molecule has 2 unspecified atom stereocenters. The highest BCUT2D eigenvalue weighted by molar-refractivity contribution is 6.01. The van der Waals surface area contributed by atoms with Crippen molar-refractivity contribution in [3.8, 4) is 0 Å². The number of hydrogen-bond acceptors (Lipinski definition) is 3. The summed E-state index contributed by atoms with van der Waals surface area (Å²) in [6.07, 6.45) is 1.03. The van der Waals surface area contributed by atoms with Crippen molar-refractivity contribution in [1.82, 2.24) is 4.90 Å². The predicted octanol–water partition coefficient (Wildman–Crippen LogP) is 1.90. The quantitative estimate of drug-likeness (QED) is 0.374. The van der Waals surface area contributed by atoms with Crippen molar-refractivity contribution in [2.75, 3.05) is 13.1 Å². The van der Waals surface area contributed by atoms with Gasteiger partial charge in [0.05, 0.1) is 0 Å². The molecule has 0 aliphatic carbocycles. The van der Waals surface area contributed by atoms with Crippen LogP contribution in [0.2, 0.25) is 0 Å². The first-order valence-corrected chi connectivity index (χ1v) is 6.90. The maximum absolute atomic E-state index is 12.5. The molecule has 5 heteroatoms. The monoisotopic (exact) mass is 275 g/mol. The second-order valence-electron chi connectivity index (χ2n) is 5.56. The number of nitrogens with two attached hydrogens (primary N) is 1. The van der Waals surface area contributed by atoms with E-state index in [2.05, 4.69) is 19.0 Å². The lowest BCUT2D eigenvalue weighted by Crippen LogP contribution is -2.42. The summed E-state index contributed by atoms with van der Waals surface area (Å²) in [6.45, 7) is 5.98. The van der Waals surface area contributed by atoms with E-state index in [4.69, 9.17) is 10.9 Å². The van der Waals surface area contributed by atoms with Crippen LogP contribution < -0.4 is 5.73 Å². The molecular formula is C15H21N3O2. The maximum atomic E-state index is 12.5. The van der Waals surface area contributed by atoms with Gasteiger partial charge in [-0.25, -0.2) is 0 Å². The number of likely N-dealkylation sites (tertiary alicyclic amines) is 1. The molecule has 1 fully saturated rings. The van der Waals surface area contributed by atoms with E-state index in [1.807, 2.05) is 4.90 Å². The molecule has 20 heavy (non-hydrogen) atoms. The van der Waals surface area contributed by atoms with Crippen LogP contribution in [-0.4, -0.2) is 34.9 Å². The number of amidine groups is 1. The van der Waals surface area contributed by atoms with Crippen molar-refractivity contribution in [2.24, 2.45) is 22.7 Å². The molecule has 1 aromatic rings. The van der Waals surface area contributed by atoms with Crippen molar-refractivity contribution in [1.29, 1.82) is 0 Å². The van der Waals surface area contributed by atoms with Crippen LogP contribution in [-0.2, 0) is 0 Å². The van der Waals surface area contributed by atoms with Crippen LogP contribution >= 0.6 is 0 Å². The molecule has 0 aromatic heterocycles. The van der Waals surface area contributed by atoms with Crippen LogP contribution in [0.25, 0.3) is 0 Å². The summed E-state index contributed by atoms with van der Waals surface area (Å²) in [4.78, 5) is 14.4. The van der Waals surface area contributed by atoms with Crippen molar-refractivity contribution in [3.05, 3.63) is 35.4 Å². The molecule has 0 radical (unpaired) electrons. The number of piperidine rings is 1. The van der Waals surface area contributed by atoms with E-state index in [0.717, 1.165) is 19.5 Å². The second-order valence-corrected chi connectivity index (χ2v) is 5.56. The van der Waals surface area contributed by atoms with E-state index in [9.17, 15) is 4.79 Å². The summed E-state index contributed by atoms with van der Waals surface area (Å²) in [5, 5.41) is 11.7. The van der Waals surface area contributed by atoms with Crippen LogP contribution in [0.4, 0.5) is 0 Å². The minimum absolute atomic E-state index is 0.0105. The Balaban J connectivity index is 2.17. The Kier molecular flexibility index (Phi) is 4.27. The average molecular weight is 275 g/mol. The Bertz CT molecular complexity index is 528. The normalized spacial score (nSPS) is 23.7. The van der Waals surface area contributed by atoms with Gasteiger partial charge in [0.15, 0.2) is 5.84 Å². The molecule has 1 aliphatic rings. The van der Waals surface area contributed by atoms with Crippen molar-refractivity contribution >= 4 is 11.7 Å². The van der Waals surface area contributed by atoms with Gasteiger partial charge in [0.25, 0.3) is 5.91 Å². The van der Waals surface area contributed by atoms with E-state index in [-0.39, 0.29) is 11.7 Å². The van der Waals surface area contributed by atoms with Crippen LogP contribution in [0.1, 0.15) is 36.2 Å². The topological polar surface area (TPSA) is 78.9 Å². The van der Waals surface area contributed by atoms with E-state index in [1.165, 1.54) is 0 Å². The SMILES string of the molecule is CC1CCN(C(=O)c2cccc(/C(N)=N/O)c2)CC1C. The summed E-state index contributed by atoms with van der Waals surface area (Å²) in [7, 11) is 0. The van der Waals surface area contributed by atoms with Crippen LogP contribution in [0.3, 0.4) is 0 Å². The lowest BCUT2D eigenvalue weighted by atomic mass is 9.88. The zero-order valence-electron chi connectivity index (χ0n) is 11.9. The molecule has 1 amide bonds. The van der Waals surface area contributed by atoms with Crippen LogP contribution in [0, 0.1) is 11.8 Å². The highest BCUT2D eigenvalue weighted by atomic mass is 16.4. The Labute approximate surface area is 119 Å². The molecule has 2 rings (SSSR count). The van der Waals surface area contributed by atoms with Crippen molar-refractivity contribution < 1.29 is 10.0 Å². The third-order valence-electron chi connectivity index (χ3n) is 4.13. The Morgan fingerprint density at radius 1 is 1.35 bits per heavy atom. The molecule has 108 valence electrons. The Morgan fingerprint density at radius 3 is 2.70 bits per heavy atom. The molecule has 0 spiro atoms. The number of hydrogen-bond donors (Lipinski definition) is 2. The third kappa shape index (κ3) is 2.92. The van der Waals surface area contributed by atoms with E-state index < -0.39 is 0 Å². The first-order valence-electron chi connectivity index (χ1n) is 6.90. The van der Waals surface area contributed by atoms with Gasteiger partial charge >= 0.3 is 0 Å². The second kappa shape index (κ2) is 5.94. The molecule has 0 saturated carbocycles. The minimum atomic E-state index is 0.0105. The fourth-order valence-corrected chi connectivity index (χ4v) is 2.50. The zero-order chi connectivity index (χ0) is 14.7. The van der Waals surface area contributed by atoms with Gasteiger partial charge in [-0.15, -0.1) is 0 Å². The average Bonchev–Trinajstić information content (AvgIpc) is 2.48. The largest absolute Gasteiger partial charge is 0.409 e. The van der Waals surface area contributed by atoms with Gasteiger partial charge in [0.1, 0.15) is 0 Å². The van der Waals surface area contributed by atoms with E-state index in [0.29, 0.717) is 23.0 Å². The number of nitrogens with zero attached hydrogens (tertiary/aromatic N) is 2. The summed E-state index contributed by atoms with van der Waals surface area (Å²) >= 11 is 0. The molecule has 5 nitrogen and oxygen atoms in total. The Hall–Kier alpha value is -2.04. The maximum Gasteiger partial charge on any atom is 0.253 e. The predicted molar refractivity (Wildman–Crippen MR) is 77.8 cm³/mol. The van der Waals surface area contributed by atoms with Crippen molar-refractivity contribution in [2.45, 2.75) is 20.3 Å². The van der Waals surface area contributed by atoms with Crippen molar-refractivity contribution in [3.63, 3.8) is 0 Å². The number of oxime groups is 1. The lowest BCUT2D eigenvalue weighted by Gasteiger charge is -2.35. The van der Waals surface area contributed by atoms with Gasteiger partial charge in [-0.2, -0.15) is 0 Å². The Morgan fingerprint density at radius 2 is 2.05 bits per heavy atom. The van der Waals surface area contributed by atoms with Gasteiger partial charge in [-0.05, 0) is 30.4 Å². The number of amides is 1. The van der Waals surface area contributed by atoms with Gasteiger partial charge in [0, 0.05) is 24.2 Å². The van der Waals surface area contributed by atoms with Crippen LogP contribution in [0.15, 0.2) is 29.4 Å². The first kappa shape index (κ1) is 14.4. The molecule has 0 bridgehead atoms. The lowest BCUT2D eigenvalue weighted by molar-refractivity contribution is 0.0627. The number of benzene rings is 1. The summed E-state index contributed by atoms with van der Waals surface area (Å²) in [5.41, 5.74) is 6.69. The van der Waals surface area contributed by atoms with Gasteiger partial charge in [-0.3, -0.25) is 4.79 Å². The first-order chi connectivity index (χ1) is 9.52. The number of carbonyl (C=O) groups excluding carboxylic acids is 1. The highest BCUT2D eigenvalue weighted by Crippen LogP contribution is 2.23. The van der Waals surface area contributed by atoms with Gasteiger partial charge in [-0.1, -0.05) is 31.1 Å². The van der Waals surface area contributed by atoms with Gasteiger partial charge in [0.2, 0.25) is 0 Å². The smallest absolute Gasteiger partial charge is 0.253 e. The van der Waals surface area contributed by atoms with Crippen LogP contribution in [0.5, 0.6) is 0 Å². The zero-order valence-corrected chi connectivity index (χ0v) is 11.9. The fourth-order valence-electron chi connectivity index (χ4n) is 2.50. The summed E-state index contributed by atoms with van der Waals surface area (Å²) in [5.74, 6) is 1.19. The summed E-state index contributed by atoms with van der Waals surface area (Å²) < 4.78 is 0. The molecule has 3 N–H and O–H groups in total. The minimum Gasteiger partial charge on any atom is -0.409 e. The number of rotatable bonds is 2. The molecule has 1 heterocycles. The fraction of sp³-hybridized carbons (Fsp3) is 0.467. The van der Waals surface area contributed by atoms with Gasteiger partial charge < -0.3 is 15.8 Å². The molecule has 2 atom stereocenters. The number of carbonyl (C=O) groups is 1. The van der Waals surface area contributed by atoms with E-state index >= 15 is 0 Å². The molecule has 1 aliphatic heterocycles. The molecule has 1 aromatic carbocycles. The molecule has 1 saturated heterocycles. The van der Waals surface area contributed by atoms with E-state index in [1.54, 1.807) is 24.3 Å². The standard InChI is InChI=1S/C15H21N3O2/c1-10-6-7-18(9-11(10)2)15(19)13-5-3-4-12(8-13)14(16)17-20/h3-5,8,10-11,20H,6-7,9H2,1-2H3,(H2,16,17). The third-order valence-corrected chi connectivity index (χ3v) is 4.13.